The van der Waals surface area contributed by atoms with Crippen LogP contribution < -0.4 is 10.7 Å². The molecule has 0 aliphatic carbocycles. The number of fused-ring (bicyclic) bond motifs is 1. The highest BCUT2D eigenvalue weighted by Gasteiger charge is 2.08. The summed E-state index contributed by atoms with van der Waals surface area (Å²) in [6, 6.07) is 13.6. The van der Waals surface area contributed by atoms with E-state index in [4.69, 9.17) is 0 Å². The van der Waals surface area contributed by atoms with Crippen LogP contribution in [0.15, 0.2) is 47.6 Å². The second-order valence-electron chi connectivity index (χ2n) is 6.85. The number of hydrogen-bond acceptors (Lipinski definition) is 3. The van der Waals surface area contributed by atoms with E-state index in [1.54, 1.807) is 6.21 Å². The number of nitrogens with zero attached hydrogens (tertiary/aromatic N) is 1. The Morgan fingerprint density at radius 2 is 1.75 bits per heavy atom. The first kappa shape index (κ1) is 19.4. The zero-order valence-corrected chi connectivity index (χ0v) is 16.3. The van der Waals surface area contributed by atoms with Gasteiger partial charge >= 0.3 is 0 Å². The molecule has 2 amide bonds. The van der Waals surface area contributed by atoms with Gasteiger partial charge in [-0.25, -0.2) is 5.43 Å². The molecule has 0 spiro atoms. The molecule has 0 radical (unpaired) electrons. The number of benzene rings is 2. The fourth-order valence-corrected chi connectivity index (χ4v) is 2.96. The SMILES string of the molecule is Cc1ccc(NC(=O)CCC(=O)N/N=C/c2c(C)[nH]c3ccccc23)cc1C. The van der Waals surface area contributed by atoms with Crippen LogP contribution in [-0.4, -0.2) is 23.0 Å². The lowest BCUT2D eigenvalue weighted by Crippen LogP contribution is -2.20. The summed E-state index contributed by atoms with van der Waals surface area (Å²) in [7, 11) is 0. The monoisotopic (exact) mass is 376 g/mol. The Kier molecular flexibility index (Phi) is 5.89. The zero-order chi connectivity index (χ0) is 20.1. The molecule has 0 bridgehead atoms. The van der Waals surface area contributed by atoms with Gasteiger partial charge in [0.2, 0.25) is 11.8 Å². The van der Waals surface area contributed by atoms with Crippen molar-refractivity contribution in [3.63, 3.8) is 0 Å². The normalized spacial score (nSPS) is 11.1. The maximum Gasteiger partial charge on any atom is 0.240 e. The van der Waals surface area contributed by atoms with Crippen LogP contribution in [0.3, 0.4) is 0 Å². The summed E-state index contributed by atoms with van der Waals surface area (Å²) >= 11 is 0. The van der Waals surface area contributed by atoms with Crippen molar-refractivity contribution in [1.82, 2.24) is 10.4 Å². The van der Waals surface area contributed by atoms with Crippen molar-refractivity contribution in [3.8, 4) is 0 Å². The summed E-state index contributed by atoms with van der Waals surface area (Å²) < 4.78 is 0. The van der Waals surface area contributed by atoms with E-state index in [0.717, 1.165) is 33.4 Å². The third kappa shape index (κ3) is 4.65. The van der Waals surface area contributed by atoms with E-state index in [0.29, 0.717) is 0 Å². The Balaban J connectivity index is 1.50. The van der Waals surface area contributed by atoms with Gasteiger partial charge in [-0.3, -0.25) is 9.59 Å². The summed E-state index contributed by atoms with van der Waals surface area (Å²) in [6.07, 6.45) is 1.79. The molecule has 6 heteroatoms. The summed E-state index contributed by atoms with van der Waals surface area (Å²) in [6.45, 7) is 5.97. The van der Waals surface area contributed by atoms with Crippen LogP contribution in [0, 0.1) is 20.8 Å². The number of aryl methyl sites for hydroxylation is 3. The molecule has 0 saturated heterocycles. The first-order valence-electron chi connectivity index (χ1n) is 9.20. The van der Waals surface area contributed by atoms with E-state index >= 15 is 0 Å². The summed E-state index contributed by atoms with van der Waals surface area (Å²) in [5.41, 5.74) is 8.43. The number of amides is 2. The molecule has 3 rings (SSSR count). The van der Waals surface area contributed by atoms with E-state index in [9.17, 15) is 9.59 Å². The Morgan fingerprint density at radius 3 is 2.54 bits per heavy atom. The summed E-state index contributed by atoms with van der Waals surface area (Å²) in [5.74, 6) is -0.501. The number of hydrogen-bond donors (Lipinski definition) is 3. The fraction of sp³-hybridized carbons (Fsp3) is 0.227. The number of aromatic nitrogens is 1. The quantitative estimate of drug-likeness (QED) is 0.449. The number of anilines is 1. The van der Waals surface area contributed by atoms with E-state index < -0.39 is 0 Å². The molecule has 0 atom stereocenters. The lowest BCUT2D eigenvalue weighted by atomic mass is 10.1. The van der Waals surface area contributed by atoms with Gasteiger partial charge in [-0.2, -0.15) is 5.10 Å². The van der Waals surface area contributed by atoms with Gasteiger partial charge in [0.15, 0.2) is 0 Å². The van der Waals surface area contributed by atoms with Gasteiger partial charge in [-0.15, -0.1) is 0 Å². The number of rotatable bonds is 6. The maximum atomic E-state index is 12.0. The number of carbonyl (C=O) groups is 2. The van der Waals surface area contributed by atoms with Gasteiger partial charge in [-0.05, 0) is 50.1 Å². The second-order valence-corrected chi connectivity index (χ2v) is 6.85. The summed E-state index contributed by atoms with van der Waals surface area (Å²) in [4.78, 5) is 27.3. The van der Waals surface area contributed by atoms with Crippen molar-refractivity contribution in [2.45, 2.75) is 33.6 Å². The Hall–Kier alpha value is -3.41. The lowest BCUT2D eigenvalue weighted by molar-refractivity contribution is -0.124. The number of carbonyl (C=O) groups excluding carboxylic acids is 2. The van der Waals surface area contributed by atoms with E-state index in [-0.39, 0.29) is 24.7 Å². The highest BCUT2D eigenvalue weighted by atomic mass is 16.2. The van der Waals surface area contributed by atoms with Crippen molar-refractivity contribution < 1.29 is 9.59 Å². The molecule has 0 unspecified atom stereocenters. The Labute approximate surface area is 164 Å². The van der Waals surface area contributed by atoms with Crippen molar-refractivity contribution in [1.29, 1.82) is 0 Å². The van der Waals surface area contributed by atoms with Crippen LogP contribution in [0.2, 0.25) is 0 Å². The van der Waals surface area contributed by atoms with Crippen LogP contribution in [0.1, 0.15) is 35.2 Å². The minimum absolute atomic E-state index is 0.0703. The van der Waals surface area contributed by atoms with Crippen LogP contribution in [0.4, 0.5) is 5.69 Å². The van der Waals surface area contributed by atoms with Crippen LogP contribution >= 0.6 is 0 Å². The molecule has 28 heavy (non-hydrogen) atoms. The molecule has 1 heterocycles. The predicted octanol–water partition coefficient (Wildman–Crippen LogP) is 3.96. The molecular weight excluding hydrogens is 352 g/mol. The van der Waals surface area contributed by atoms with Gasteiger partial charge < -0.3 is 10.3 Å². The largest absolute Gasteiger partial charge is 0.358 e. The first-order chi connectivity index (χ1) is 13.4. The van der Waals surface area contributed by atoms with Gasteiger partial charge in [0.25, 0.3) is 0 Å². The van der Waals surface area contributed by atoms with E-state index in [1.807, 2.05) is 63.2 Å². The number of nitrogens with one attached hydrogen (secondary N) is 3. The molecular formula is C22H24N4O2. The molecule has 2 aromatic carbocycles. The third-order valence-corrected chi connectivity index (χ3v) is 4.70. The molecule has 144 valence electrons. The summed E-state index contributed by atoms with van der Waals surface area (Å²) in [5, 5.41) is 7.89. The Morgan fingerprint density at radius 1 is 1.00 bits per heavy atom. The van der Waals surface area contributed by atoms with E-state index in [1.165, 1.54) is 5.56 Å². The molecule has 3 aromatic rings. The molecule has 0 aliphatic heterocycles. The van der Waals surface area contributed by atoms with Crippen molar-refractivity contribution in [3.05, 3.63) is 64.8 Å². The van der Waals surface area contributed by atoms with Gasteiger partial charge in [0, 0.05) is 40.7 Å². The maximum absolute atomic E-state index is 12.0. The first-order valence-corrected chi connectivity index (χ1v) is 9.20. The van der Waals surface area contributed by atoms with Crippen molar-refractivity contribution in [2.24, 2.45) is 5.10 Å². The van der Waals surface area contributed by atoms with Gasteiger partial charge in [-0.1, -0.05) is 24.3 Å². The minimum atomic E-state index is -0.302. The standard InChI is InChI=1S/C22H24N4O2/c1-14-8-9-17(12-15(14)2)25-21(27)10-11-22(28)26-23-13-19-16(3)24-20-7-5-4-6-18(19)20/h4-9,12-13,24H,10-11H2,1-3H3,(H,25,27)(H,26,28)/b23-13+. The fourth-order valence-electron chi connectivity index (χ4n) is 2.96. The van der Waals surface area contributed by atoms with Crippen molar-refractivity contribution in [2.75, 3.05) is 5.32 Å². The topological polar surface area (TPSA) is 86.3 Å². The molecule has 6 nitrogen and oxygen atoms in total. The Bertz CT molecular complexity index is 1050. The third-order valence-electron chi connectivity index (χ3n) is 4.70. The smallest absolute Gasteiger partial charge is 0.240 e. The molecule has 0 fully saturated rings. The average Bonchev–Trinajstić information content (AvgIpc) is 2.98. The highest BCUT2D eigenvalue weighted by Crippen LogP contribution is 2.19. The zero-order valence-electron chi connectivity index (χ0n) is 16.3. The number of H-pyrrole nitrogens is 1. The van der Waals surface area contributed by atoms with Crippen molar-refractivity contribution >= 4 is 34.6 Å². The molecule has 3 N–H and O–H groups in total. The lowest BCUT2D eigenvalue weighted by Gasteiger charge is -2.07. The van der Waals surface area contributed by atoms with Crippen LogP contribution in [0.5, 0.6) is 0 Å². The number of hydrazone groups is 1. The number of aromatic amines is 1. The number of para-hydroxylation sites is 1. The predicted molar refractivity (Wildman–Crippen MR) is 113 cm³/mol. The molecule has 0 saturated carbocycles. The second kappa shape index (κ2) is 8.52. The molecule has 0 aliphatic rings. The van der Waals surface area contributed by atoms with Gasteiger partial charge in [0.05, 0.1) is 6.21 Å². The average molecular weight is 376 g/mol. The highest BCUT2D eigenvalue weighted by molar-refractivity contribution is 6.01. The van der Waals surface area contributed by atoms with Gasteiger partial charge in [0.1, 0.15) is 0 Å². The van der Waals surface area contributed by atoms with Crippen LogP contribution in [0.25, 0.3) is 10.9 Å². The van der Waals surface area contributed by atoms with E-state index in [2.05, 4.69) is 20.8 Å². The molecule has 1 aromatic heterocycles. The minimum Gasteiger partial charge on any atom is -0.358 e. The van der Waals surface area contributed by atoms with Crippen LogP contribution in [-0.2, 0) is 9.59 Å².